The Hall–Kier alpha value is -1.51. The number of hydrogen-bond donors (Lipinski definition) is 2. The molecule has 0 saturated carbocycles. The lowest BCUT2D eigenvalue weighted by Crippen LogP contribution is -2.22. The summed E-state index contributed by atoms with van der Waals surface area (Å²) < 4.78 is 0. The van der Waals surface area contributed by atoms with E-state index in [4.69, 9.17) is 5.73 Å². The zero-order valence-corrected chi connectivity index (χ0v) is 11.7. The van der Waals surface area contributed by atoms with E-state index >= 15 is 0 Å². The summed E-state index contributed by atoms with van der Waals surface area (Å²) in [5, 5.41) is 3.11. The van der Waals surface area contributed by atoms with Crippen molar-refractivity contribution in [3.63, 3.8) is 0 Å². The number of rotatable bonds is 6. The largest absolute Gasteiger partial charge is 0.370 e. The molecule has 0 amide bonds. The number of anilines is 1. The minimum Gasteiger partial charge on any atom is -0.370 e. The second-order valence-corrected chi connectivity index (χ2v) is 5.15. The molecule has 3 nitrogen and oxygen atoms in total. The molecule has 0 heterocycles. The molecule has 3 N–H and O–H groups in total. The molecule has 0 bridgehead atoms. The van der Waals surface area contributed by atoms with Crippen LogP contribution in [-0.2, 0) is 0 Å². The van der Waals surface area contributed by atoms with E-state index in [0.29, 0.717) is 5.96 Å². The van der Waals surface area contributed by atoms with Gasteiger partial charge in [-0.1, -0.05) is 38.8 Å². The molecule has 1 aromatic carbocycles. The van der Waals surface area contributed by atoms with Gasteiger partial charge in [0, 0.05) is 12.2 Å². The number of aliphatic imine (C=N–C) groups is 1. The van der Waals surface area contributed by atoms with Crippen molar-refractivity contribution in [1.82, 2.24) is 0 Å². The van der Waals surface area contributed by atoms with Gasteiger partial charge >= 0.3 is 0 Å². The van der Waals surface area contributed by atoms with Gasteiger partial charge in [0.2, 0.25) is 0 Å². The van der Waals surface area contributed by atoms with Crippen molar-refractivity contribution in [2.75, 3.05) is 11.9 Å². The molecule has 1 rings (SSSR count). The monoisotopic (exact) mass is 247 g/mol. The Morgan fingerprint density at radius 2 is 2.11 bits per heavy atom. The molecule has 0 radical (unpaired) electrons. The summed E-state index contributed by atoms with van der Waals surface area (Å²) in [7, 11) is 0. The molecule has 0 atom stereocenters. The maximum absolute atomic E-state index is 5.84. The van der Waals surface area contributed by atoms with Crippen LogP contribution in [0.5, 0.6) is 0 Å². The summed E-state index contributed by atoms with van der Waals surface area (Å²) in [6.07, 6.45) is 3.59. The third-order valence-electron chi connectivity index (χ3n) is 2.76. The number of unbranched alkanes of at least 4 members (excludes halogenated alkanes) is 1. The van der Waals surface area contributed by atoms with Crippen molar-refractivity contribution in [1.29, 1.82) is 0 Å². The summed E-state index contributed by atoms with van der Waals surface area (Å²) in [5.74, 6) is 1.28. The molecular formula is C15H25N3. The van der Waals surface area contributed by atoms with E-state index in [1.54, 1.807) is 0 Å². The average molecular weight is 247 g/mol. The van der Waals surface area contributed by atoms with Crippen LogP contribution in [0.25, 0.3) is 0 Å². The SMILES string of the molecule is Cc1cccc(NC(N)=NCCCCC(C)C)c1. The maximum Gasteiger partial charge on any atom is 0.193 e. The van der Waals surface area contributed by atoms with E-state index < -0.39 is 0 Å². The molecule has 1 aromatic rings. The van der Waals surface area contributed by atoms with Crippen molar-refractivity contribution in [2.24, 2.45) is 16.6 Å². The Kier molecular flexibility index (Phi) is 6.26. The fourth-order valence-corrected chi connectivity index (χ4v) is 1.77. The summed E-state index contributed by atoms with van der Waals surface area (Å²) in [6, 6.07) is 8.12. The molecule has 0 aromatic heterocycles. The lowest BCUT2D eigenvalue weighted by Gasteiger charge is -2.06. The summed E-state index contributed by atoms with van der Waals surface area (Å²) in [4.78, 5) is 4.33. The van der Waals surface area contributed by atoms with Gasteiger partial charge < -0.3 is 11.1 Å². The Morgan fingerprint density at radius 3 is 2.78 bits per heavy atom. The molecule has 0 saturated heterocycles. The molecule has 0 fully saturated rings. The first-order valence-corrected chi connectivity index (χ1v) is 6.71. The van der Waals surface area contributed by atoms with Crippen LogP contribution in [-0.4, -0.2) is 12.5 Å². The lowest BCUT2D eigenvalue weighted by atomic mass is 10.1. The van der Waals surface area contributed by atoms with E-state index in [2.05, 4.69) is 43.2 Å². The van der Waals surface area contributed by atoms with Crippen molar-refractivity contribution in [3.8, 4) is 0 Å². The first-order chi connectivity index (χ1) is 8.58. The number of aryl methyl sites for hydroxylation is 1. The van der Waals surface area contributed by atoms with Crippen LogP contribution >= 0.6 is 0 Å². The zero-order chi connectivity index (χ0) is 13.4. The Balaban J connectivity index is 2.29. The average Bonchev–Trinajstić information content (AvgIpc) is 2.28. The Morgan fingerprint density at radius 1 is 1.33 bits per heavy atom. The van der Waals surface area contributed by atoms with Crippen molar-refractivity contribution in [2.45, 2.75) is 40.0 Å². The number of hydrogen-bond acceptors (Lipinski definition) is 1. The van der Waals surface area contributed by atoms with Crippen LogP contribution in [0, 0.1) is 12.8 Å². The normalized spacial score (nSPS) is 11.9. The maximum atomic E-state index is 5.84. The van der Waals surface area contributed by atoms with Gasteiger partial charge in [0.1, 0.15) is 0 Å². The third kappa shape index (κ3) is 6.28. The lowest BCUT2D eigenvalue weighted by molar-refractivity contribution is 0.542. The van der Waals surface area contributed by atoms with Crippen molar-refractivity contribution >= 4 is 11.6 Å². The van der Waals surface area contributed by atoms with Gasteiger partial charge in [0.25, 0.3) is 0 Å². The van der Waals surface area contributed by atoms with E-state index in [-0.39, 0.29) is 0 Å². The topological polar surface area (TPSA) is 50.4 Å². The molecule has 0 aliphatic carbocycles. The van der Waals surface area contributed by atoms with Crippen molar-refractivity contribution < 1.29 is 0 Å². The predicted molar refractivity (Wildman–Crippen MR) is 80.0 cm³/mol. The van der Waals surface area contributed by atoms with E-state index in [0.717, 1.165) is 24.6 Å². The third-order valence-corrected chi connectivity index (χ3v) is 2.76. The second kappa shape index (κ2) is 7.75. The number of nitrogens with zero attached hydrogens (tertiary/aromatic N) is 1. The van der Waals surface area contributed by atoms with Gasteiger partial charge in [-0.05, 0) is 37.0 Å². The van der Waals surface area contributed by atoms with Crippen LogP contribution in [0.15, 0.2) is 29.3 Å². The molecular weight excluding hydrogens is 222 g/mol. The molecule has 0 spiro atoms. The molecule has 3 heteroatoms. The Labute approximate surface area is 111 Å². The minimum atomic E-state index is 0.505. The molecule has 100 valence electrons. The van der Waals surface area contributed by atoms with Gasteiger partial charge in [0.15, 0.2) is 5.96 Å². The predicted octanol–water partition coefficient (Wildman–Crippen LogP) is 3.55. The summed E-state index contributed by atoms with van der Waals surface area (Å²) in [6.45, 7) is 7.36. The highest BCUT2D eigenvalue weighted by molar-refractivity contribution is 5.92. The van der Waals surface area contributed by atoms with E-state index in [1.165, 1.54) is 18.4 Å². The van der Waals surface area contributed by atoms with Crippen LogP contribution in [0.3, 0.4) is 0 Å². The van der Waals surface area contributed by atoms with Gasteiger partial charge in [-0.15, -0.1) is 0 Å². The highest BCUT2D eigenvalue weighted by Gasteiger charge is 1.96. The van der Waals surface area contributed by atoms with Crippen LogP contribution in [0.1, 0.15) is 38.7 Å². The van der Waals surface area contributed by atoms with Gasteiger partial charge in [-0.25, -0.2) is 0 Å². The highest BCUT2D eigenvalue weighted by atomic mass is 15.1. The zero-order valence-electron chi connectivity index (χ0n) is 11.7. The van der Waals surface area contributed by atoms with Crippen LogP contribution in [0.4, 0.5) is 5.69 Å². The first kappa shape index (κ1) is 14.6. The molecule has 0 aliphatic heterocycles. The fourth-order valence-electron chi connectivity index (χ4n) is 1.77. The number of guanidine groups is 1. The highest BCUT2D eigenvalue weighted by Crippen LogP contribution is 2.09. The number of nitrogens with two attached hydrogens (primary N) is 1. The van der Waals surface area contributed by atoms with Gasteiger partial charge in [0.05, 0.1) is 0 Å². The van der Waals surface area contributed by atoms with Crippen LogP contribution in [0.2, 0.25) is 0 Å². The quantitative estimate of drug-likeness (QED) is 0.459. The standard InChI is InChI=1S/C15H25N3/c1-12(2)7-4-5-10-17-15(16)18-14-9-6-8-13(3)11-14/h6,8-9,11-12H,4-5,7,10H2,1-3H3,(H3,16,17,18). The first-order valence-electron chi connectivity index (χ1n) is 6.71. The summed E-state index contributed by atoms with van der Waals surface area (Å²) >= 11 is 0. The minimum absolute atomic E-state index is 0.505. The van der Waals surface area contributed by atoms with Gasteiger partial charge in [-0.3, -0.25) is 4.99 Å². The second-order valence-electron chi connectivity index (χ2n) is 5.15. The molecule has 18 heavy (non-hydrogen) atoms. The summed E-state index contributed by atoms with van der Waals surface area (Å²) in [5.41, 5.74) is 8.05. The van der Waals surface area contributed by atoms with E-state index in [9.17, 15) is 0 Å². The Bertz CT molecular complexity index is 383. The van der Waals surface area contributed by atoms with Crippen LogP contribution < -0.4 is 11.1 Å². The smallest absolute Gasteiger partial charge is 0.193 e. The van der Waals surface area contributed by atoms with E-state index in [1.807, 2.05) is 12.1 Å². The number of benzene rings is 1. The molecule has 0 unspecified atom stereocenters. The van der Waals surface area contributed by atoms with Gasteiger partial charge in [-0.2, -0.15) is 0 Å². The fraction of sp³-hybridized carbons (Fsp3) is 0.533. The molecule has 0 aliphatic rings. The van der Waals surface area contributed by atoms with Crippen molar-refractivity contribution in [3.05, 3.63) is 29.8 Å². The number of nitrogens with one attached hydrogen (secondary N) is 1.